The fourth-order valence-corrected chi connectivity index (χ4v) is 2.59. The summed E-state index contributed by atoms with van der Waals surface area (Å²) in [5.74, 6) is 0. The first-order valence-corrected chi connectivity index (χ1v) is 8.68. The zero-order chi connectivity index (χ0) is 18.7. The van der Waals surface area contributed by atoms with Gasteiger partial charge in [-0.05, 0) is 52.2 Å². The number of hydrogen-bond donors (Lipinski definition) is 0. The highest BCUT2D eigenvalue weighted by Crippen LogP contribution is 2.40. The van der Waals surface area contributed by atoms with Gasteiger partial charge in [0.25, 0.3) is 0 Å². The van der Waals surface area contributed by atoms with Crippen molar-refractivity contribution in [3.8, 4) is 0 Å². The van der Waals surface area contributed by atoms with Crippen LogP contribution in [0.2, 0.25) is 0 Å². The zero-order valence-electron chi connectivity index (χ0n) is 15.9. The summed E-state index contributed by atoms with van der Waals surface area (Å²) in [5.41, 5.74) is 0.966. The van der Waals surface area contributed by atoms with Crippen molar-refractivity contribution < 1.29 is 18.4 Å². The van der Waals surface area contributed by atoms with E-state index in [0.717, 1.165) is 11.1 Å². The molecule has 0 bridgehead atoms. The molecule has 0 radical (unpaired) electrons. The lowest BCUT2D eigenvalue weighted by Crippen LogP contribution is -2.41. The minimum Gasteiger partial charge on any atom is -0.398 e. The fourth-order valence-electron chi connectivity index (χ4n) is 2.59. The van der Waals surface area contributed by atoms with E-state index in [0.29, 0.717) is 25.2 Å². The summed E-state index contributed by atoms with van der Waals surface area (Å²) in [6, 6.07) is 7.78. The van der Waals surface area contributed by atoms with Gasteiger partial charge in [-0.2, -0.15) is 0 Å². The van der Waals surface area contributed by atoms with Crippen LogP contribution in [0.5, 0.6) is 0 Å². The minimum absolute atomic E-state index is 0.385. The number of benzene rings is 1. The lowest BCUT2D eigenvalue weighted by Gasteiger charge is -2.32. The third-order valence-corrected chi connectivity index (χ3v) is 4.88. The Hall–Kier alpha value is -1.43. The van der Waals surface area contributed by atoms with Crippen molar-refractivity contribution in [1.29, 1.82) is 0 Å². The normalized spacial score (nSPS) is 19.7. The Balaban J connectivity index is 2.30. The monoisotopic (exact) mass is 346 g/mol. The Morgan fingerprint density at radius 2 is 1.72 bits per heavy atom. The van der Waals surface area contributed by atoms with Crippen LogP contribution >= 0.6 is 0 Å². The van der Waals surface area contributed by atoms with Crippen molar-refractivity contribution in [3.05, 3.63) is 53.8 Å². The molecule has 25 heavy (non-hydrogen) atoms. The highest BCUT2D eigenvalue weighted by Gasteiger charge is 2.53. The first-order valence-electron chi connectivity index (χ1n) is 8.68. The number of rotatable bonds is 7. The second kappa shape index (κ2) is 7.86. The summed E-state index contributed by atoms with van der Waals surface area (Å²) in [7, 11) is -0.999. The summed E-state index contributed by atoms with van der Waals surface area (Å²) < 4.78 is 32.5. The predicted molar refractivity (Wildman–Crippen MR) is 101 cm³/mol. The molecule has 1 aliphatic heterocycles. The Morgan fingerprint density at radius 3 is 2.24 bits per heavy atom. The van der Waals surface area contributed by atoms with Gasteiger partial charge < -0.3 is 14.0 Å². The van der Waals surface area contributed by atoms with Crippen LogP contribution in [0.3, 0.4) is 0 Å². The van der Waals surface area contributed by atoms with Gasteiger partial charge in [0, 0.05) is 0 Å². The summed E-state index contributed by atoms with van der Waals surface area (Å²) in [6.07, 6.45) is 2.12. The molecule has 0 aliphatic carbocycles. The molecule has 0 spiro atoms. The average Bonchev–Trinajstić information content (AvgIpc) is 2.76. The predicted octanol–water partition coefficient (Wildman–Crippen LogP) is 4.90. The maximum absolute atomic E-state index is 15.3. The van der Waals surface area contributed by atoms with Gasteiger partial charge >= 0.3 is 7.12 Å². The van der Waals surface area contributed by atoms with Gasteiger partial charge in [0.15, 0.2) is 0 Å². The molecule has 5 heteroatoms. The maximum Gasteiger partial charge on any atom is 0.525 e. The smallest absolute Gasteiger partial charge is 0.398 e. The van der Waals surface area contributed by atoms with E-state index in [2.05, 4.69) is 6.58 Å². The molecule has 0 saturated carbocycles. The Bertz CT molecular complexity index is 619. The van der Waals surface area contributed by atoms with E-state index in [9.17, 15) is 0 Å². The SMILES string of the molecule is C=CCOCCC(=C(F)B1OC(C)(C)C(C)(C)O1)c1ccc(C)cc1. The third-order valence-electron chi connectivity index (χ3n) is 4.88. The van der Waals surface area contributed by atoms with Gasteiger partial charge in [-0.1, -0.05) is 35.9 Å². The van der Waals surface area contributed by atoms with Crippen molar-refractivity contribution in [3.63, 3.8) is 0 Å². The number of halogens is 1. The van der Waals surface area contributed by atoms with Crippen LogP contribution in [-0.4, -0.2) is 31.5 Å². The van der Waals surface area contributed by atoms with Gasteiger partial charge in [0.05, 0.1) is 24.4 Å². The van der Waals surface area contributed by atoms with Crippen molar-refractivity contribution in [1.82, 2.24) is 0 Å². The molecule has 0 unspecified atom stereocenters. The van der Waals surface area contributed by atoms with Crippen LogP contribution < -0.4 is 0 Å². The Morgan fingerprint density at radius 1 is 1.16 bits per heavy atom. The summed E-state index contributed by atoms with van der Waals surface area (Å²) in [4.78, 5) is 0. The fraction of sp³-hybridized carbons (Fsp3) is 0.500. The summed E-state index contributed by atoms with van der Waals surface area (Å²) in [6.45, 7) is 14.1. The molecule has 1 aliphatic rings. The molecule has 0 N–H and O–H groups in total. The van der Waals surface area contributed by atoms with Crippen molar-refractivity contribution in [2.75, 3.05) is 13.2 Å². The van der Waals surface area contributed by atoms with Crippen LogP contribution in [0.1, 0.15) is 45.2 Å². The van der Waals surface area contributed by atoms with Gasteiger partial charge in [-0.15, -0.1) is 6.58 Å². The zero-order valence-corrected chi connectivity index (χ0v) is 15.9. The Kier molecular flexibility index (Phi) is 6.25. The third kappa shape index (κ3) is 4.60. The summed E-state index contributed by atoms with van der Waals surface area (Å²) >= 11 is 0. The van der Waals surface area contributed by atoms with Gasteiger partial charge in [0.1, 0.15) is 5.73 Å². The highest BCUT2D eigenvalue weighted by molar-refractivity contribution is 6.55. The molecule has 1 aromatic rings. The molecule has 0 atom stereocenters. The van der Waals surface area contributed by atoms with Crippen LogP contribution in [0.4, 0.5) is 4.39 Å². The van der Waals surface area contributed by atoms with Gasteiger partial charge in [0.2, 0.25) is 0 Å². The van der Waals surface area contributed by atoms with Gasteiger partial charge in [-0.25, -0.2) is 4.39 Å². The van der Waals surface area contributed by atoms with Crippen molar-refractivity contribution >= 4 is 12.7 Å². The molecule has 136 valence electrons. The van der Waals surface area contributed by atoms with Crippen LogP contribution in [-0.2, 0) is 14.0 Å². The topological polar surface area (TPSA) is 27.7 Å². The largest absolute Gasteiger partial charge is 0.525 e. The molecular formula is C20H28BFO3. The minimum atomic E-state index is -0.999. The van der Waals surface area contributed by atoms with E-state index in [-0.39, 0.29) is 5.73 Å². The first-order chi connectivity index (χ1) is 11.7. The quantitative estimate of drug-likeness (QED) is 0.399. The second-order valence-electron chi connectivity index (χ2n) is 7.39. The number of hydrogen-bond acceptors (Lipinski definition) is 3. The summed E-state index contributed by atoms with van der Waals surface area (Å²) in [5, 5.41) is 0. The molecule has 1 saturated heterocycles. The van der Waals surface area contributed by atoms with E-state index in [1.54, 1.807) is 6.08 Å². The molecule has 0 amide bonds. The molecule has 1 aromatic carbocycles. The van der Waals surface area contributed by atoms with E-state index in [1.165, 1.54) is 0 Å². The van der Waals surface area contributed by atoms with E-state index < -0.39 is 18.3 Å². The molecule has 0 aromatic heterocycles. The first kappa shape index (κ1) is 19.9. The molecule has 1 fully saturated rings. The van der Waals surface area contributed by atoms with E-state index in [1.807, 2.05) is 58.9 Å². The second-order valence-corrected chi connectivity index (χ2v) is 7.39. The molecular weight excluding hydrogens is 318 g/mol. The lowest BCUT2D eigenvalue weighted by molar-refractivity contribution is 0.00578. The lowest BCUT2D eigenvalue weighted by atomic mass is 9.81. The van der Waals surface area contributed by atoms with Gasteiger partial charge in [-0.3, -0.25) is 0 Å². The standard InChI is InChI=1S/C20H28BFO3/c1-7-13-23-14-12-17(16-10-8-15(2)9-11-16)18(22)21-24-19(3,4)20(5,6)25-21/h7-11H,1,12-14H2,2-6H3. The van der Waals surface area contributed by atoms with Crippen LogP contribution in [0.15, 0.2) is 42.6 Å². The molecule has 3 nitrogen and oxygen atoms in total. The van der Waals surface area contributed by atoms with E-state index in [4.69, 9.17) is 14.0 Å². The van der Waals surface area contributed by atoms with E-state index >= 15 is 4.39 Å². The Labute approximate surface area is 151 Å². The van der Waals surface area contributed by atoms with Crippen molar-refractivity contribution in [2.24, 2.45) is 0 Å². The molecule has 1 heterocycles. The van der Waals surface area contributed by atoms with Crippen LogP contribution in [0.25, 0.3) is 5.57 Å². The highest BCUT2D eigenvalue weighted by atomic mass is 19.1. The molecule has 2 rings (SSSR count). The van der Waals surface area contributed by atoms with Crippen molar-refractivity contribution in [2.45, 2.75) is 52.2 Å². The number of ether oxygens (including phenoxy) is 1. The number of aryl methyl sites for hydroxylation is 1. The van der Waals surface area contributed by atoms with Crippen LogP contribution in [0, 0.1) is 6.92 Å². The maximum atomic E-state index is 15.3. The average molecular weight is 346 g/mol.